The fraction of sp³-hybridized carbons (Fsp3) is 0.611. The predicted molar refractivity (Wildman–Crippen MR) is 82.5 cm³/mol. The van der Waals surface area contributed by atoms with Crippen molar-refractivity contribution >= 4 is 5.97 Å². The van der Waals surface area contributed by atoms with Gasteiger partial charge in [0.1, 0.15) is 11.9 Å². The molecule has 0 aromatic heterocycles. The van der Waals surface area contributed by atoms with Gasteiger partial charge in [-0.05, 0) is 44.6 Å². The first-order valence-electron chi connectivity index (χ1n) is 8.41. The van der Waals surface area contributed by atoms with Crippen LogP contribution in [0.3, 0.4) is 0 Å². The van der Waals surface area contributed by atoms with Gasteiger partial charge >= 0.3 is 5.97 Å². The summed E-state index contributed by atoms with van der Waals surface area (Å²) in [5.74, 6) is -0.122. The lowest BCUT2D eigenvalue weighted by Crippen LogP contribution is -2.34. The fourth-order valence-corrected chi connectivity index (χ4v) is 4.49. The maximum absolute atomic E-state index is 11.4. The highest BCUT2D eigenvalue weighted by molar-refractivity contribution is 5.70. The van der Waals surface area contributed by atoms with Gasteiger partial charge in [-0.15, -0.1) is 0 Å². The molecule has 2 fully saturated rings. The Morgan fingerprint density at radius 1 is 1.45 bits per heavy atom. The lowest BCUT2D eigenvalue weighted by molar-refractivity contribution is -0.144. The van der Waals surface area contributed by atoms with E-state index >= 15 is 0 Å². The van der Waals surface area contributed by atoms with Crippen LogP contribution in [0.25, 0.3) is 0 Å². The van der Waals surface area contributed by atoms with Crippen molar-refractivity contribution < 1.29 is 14.6 Å². The first kappa shape index (κ1) is 13.9. The topological polar surface area (TPSA) is 49.8 Å². The molecule has 0 radical (unpaired) electrons. The molecular formula is C18H23NO3. The van der Waals surface area contributed by atoms with E-state index in [0.717, 1.165) is 37.9 Å². The molecule has 4 heteroatoms. The number of aliphatic carboxylic acids is 1. The van der Waals surface area contributed by atoms with Crippen LogP contribution in [-0.2, 0) is 9.53 Å². The van der Waals surface area contributed by atoms with Crippen LogP contribution < -0.4 is 0 Å². The molecule has 1 saturated heterocycles. The second kappa shape index (κ2) is 4.90. The third-order valence-corrected chi connectivity index (χ3v) is 5.80. The van der Waals surface area contributed by atoms with Gasteiger partial charge in [0, 0.05) is 18.8 Å². The number of carboxylic acid groups (broad SMARTS) is 1. The summed E-state index contributed by atoms with van der Waals surface area (Å²) in [5.41, 5.74) is 2.70. The highest BCUT2D eigenvalue weighted by Gasteiger charge is 2.54. The molecule has 1 aliphatic carbocycles. The maximum atomic E-state index is 11.4. The monoisotopic (exact) mass is 301 g/mol. The molecular weight excluding hydrogens is 278 g/mol. The molecule has 118 valence electrons. The Bertz CT molecular complexity index is 603. The number of fused-ring (bicyclic) bond motifs is 1. The van der Waals surface area contributed by atoms with Gasteiger partial charge in [-0.3, -0.25) is 4.79 Å². The molecule has 4 rings (SSSR count). The molecule has 3 heterocycles. The van der Waals surface area contributed by atoms with Gasteiger partial charge in [-0.1, -0.05) is 12.5 Å². The van der Waals surface area contributed by atoms with Crippen molar-refractivity contribution in [3.8, 4) is 0 Å². The van der Waals surface area contributed by atoms with Gasteiger partial charge in [0.15, 0.2) is 0 Å². The van der Waals surface area contributed by atoms with Crippen LogP contribution >= 0.6 is 0 Å². The predicted octanol–water partition coefficient (Wildman–Crippen LogP) is 3.78. The third-order valence-electron chi connectivity index (χ3n) is 5.80. The Kier molecular flexibility index (Phi) is 3.10. The van der Waals surface area contributed by atoms with Crippen molar-refractivity contribution in [1.29, 1.82) is 0 Å². The average molecular weight is 301 g/mol. The van der Waals surface area contributed by atoms with E-state index in [-0.39, 0.29) is 11.5 Å². The summed E-state index contributed by atoms with van der Waals surface area (Å²) in [6.07, 6.45) is 14.0. The van der Waals surface area contributed by atoms with E-state index < -0.39 is 11.9 Å². The van der Waals surface area contributed by atoms with E-state index in [1.807, 2.05) is 0 Å². The van der Waals surface area contributed by atoms with E-state index in [9.17, 15) is 9.90 Å². The number of nitrogens with zero attached hydrogens (tertiary/aromatic N) is 1. The first-order chi connectivity index (χ1) is 10.6. The van der Waals surface area contributed by atoms with Crippen molar-refractivity contribution in [3.63, 3.8) is 0 Å². The van der Waals surface area contributed by atoms with Gasteiger partial charge in [0.2, 0.25) is 0 Å². The molecule has 3 unspecified atom stereocenters. The van der Waals surface area contributed by atoms with Gasteiger partial charge in [-0.25, -0.2) is 0 Å². The lowest BCUT2D eigenvalue weighted by atomic mass is 9.65. The first-order valence-corrected chi connectivity index (χ1v) is 8.41. The quantitative estimate of drug-likeness (QED) is 0.843. The van der Waals surface area contributed by atoms with Crippen molar-refractivity contribution in [2.45, 2.75) is 58.0 Å². The van der Waals surface area contributed by atoms with E-state index in [1.165, 1.54) is 24.1 Å². The third kappa shape index (κ3) is 1.86. The average Bonchev–Trinajstić information content (AvgIpc) is 2.91. The summed E-state index contributed by atoms with van der Waals surface area (Å²) in [7, 11) is 0. The smallest absolute Gasteiger partial charge is 0.309 e. The van der Waals surface area contributed by atoms with E-state index in [2.05, 4.69) is 23.4 Å². The summed E-state index contributed by atoms with van der Waals surface area (Å²) < 4.78 is 6.30. The standard InChI is InChI=1S/C18H23NO3/c1-12(17(20)21)15-10-18-8-4-2-6-13(18)11-19-9-5-3-7-14(19)16(18)22-15/h5,9,11-12,15H,2-4,6-8,10H2,1H3,(H,20,21). The zero-order valence-corrected chi connectivity index (χ0v) is 13.0. The van der Waals surface area contributed by atoms with Gasteiger partial charge in [0.05, 0.1) is 17.0 Å². The summed E-state index contributed by atoms with van der Waals surface area (Å²) in [6, 6.07) is 0. The second-order valence-electron chi connectivity index (χ2n) is 7.04. The Morgan fingerprint density at radius 3 is 3.14 bits per heavy atom. The van der Waals surface area contributed by atoms with Crippen molar-refractivity contribution in [2.75, 3.05) is 0 Å². The number of allylic oxidation sites excluding steroid dienone is 3. The molecule has 3 atom stereocenters. The number of rotatable bonds is 2. The molecule has 1 saturated carbocycles. The van der Waals surface area contributed by atoms with Gasteiger partial charge in [0.25, 0.3) is 0 Å². The lowest BCUT2D eigenvalue weighted by Gasteiger charge is -2.43. The molecule has 4 aliphatic rings. The summed E-state index contributed by atoms with van der Waals surface area (Å²) in [5, 5.41) is 9.37. The summed E-state index contributed by atoms with van der Waals surface area (Å²) in [6.45, 7) is 1.77. The van der Waals surface area contributed by atoms with Crippen LogP contribution in [0.5, 0.6) is 0 Å². The molecule has 0 aromatic rings. The maximum Gasteiger partial charge on any atom is 0.309 e. The van der Waals surface area contributed by atoms with E-state index in [4.69, 9.17) is 4.74 Å². The zero-order chi connectivity index (χ0) is 15.3. The zero-order valence-electron chi connectivity index (χ0n) is 13.0. The molecule has 1 spiro atoms. The Morgan fingerprint density at radius 2 is 2.32 bits per heavy atom. The summed E-state index contributed by atoms with van der Waals surface area (Å²) >= 11 is 0. The Hall–Kier alpha value is -1.71. The number of hydrogen-bond acceptors (Lipinski definition) is 3. The minimum atomic E-state index is -0.757. The second-order valence-corrected chi connectivity index (χ2v) is 7.04. The summed E-state index contributed by atoms with van der Waals surface area (Å²) in [4.78, 5) is 13.6. The van der Waals surface area contributed by atoms with Crippen LogP contribution in [0.2, 0.25) is 0 Å². The van der Waals surface area contributed by atoms with Crippen LogP contribution in [0.15, 0.2) is 35.5 Å². The number of hydrogen-bond donors (Lipinski definition) is 1. The highest BCUT2D eigenvalue weighted by atomic mass is 16.5. The number of carbonyl (C=O) groups is 1. The van der Waals surface area contributed by atoms with Crippen molar-refractivity contribution in [2.24, 2.45) is 11.3 Å². The van der Waals surface area contributed by atoms with Crippen LogP contribution in [0.1, 0.15) is 51.9 Å². The van der Waals surface area contributed by atoms with Crippen molar-refractivity contribution in [1.82, 2.24) is 4.90 Å². The fourth-order valence-electron chi connectivity index (χ4n) is 4.49. The van der Waals surface area contributed by atoms with Crippen LogP contribution in [0, 0.1) is 11.3 Å². The van der Waals surface area contributed by atoms with E-state index in [0.29, 0.717) is 0 Å². The van der Waals surface area contributed by atoms with Crippen LogP contribution in [0.4, 0.5) is 0 Å². The SMILES string of the molecule is CC(C(=O)O)C1CC23CCCCC2=CN2C=CCCC2=C3O1. The molecule has 0 bridgehead atoms. The minimum Gasteiger partial charge on any atom is -0.491 e. The van der Waals surface area contributed by atoms with Crippen molar-refractivity contribution in [3.05, 3.63) is 35.5 Å². The molecule has 22 heavy (non-hydrogen) atoms. The highest BCUT2D eigenvalue weighted by Crippen LogP contribution is 2.59. The molecule has 0 amide bonds. The molecule has 0 aromatic carbocycles. The largest absolute Gasteiger partial charge is 0.491 e. The van der Waals surface area contributed by atoms with Gasteiger partial charge < -0.3 is 14.7 Å². The minimum absolute atomic E-state index is 0.0103. The normalized spacial score (nSPS) is 34.3. The van der Waals surface area contributed by atoms with E-state index in [1.54, 1.807) is 6.92 Å². The molecule has 3 aliphatic heterocycles. The number of ether oxygens (including phenoxy) is 1. The number of carboxylic acids is 1. The van der Waals surface area contributed by atoms with Gasteiger partial charge in [-0.2, -0.15) is 0 Å². The Balaban J connectivity index is 1.78. The molecule has 1 N–H and O–H groups in total. The Labute approximate surface area is 131 Å². The molecule has 4 nitrogen and oxygen atoms in total. The van der Waals surface area contributed by atoms with Crippen LogP contribution in [-0.4, -0.2) is 22.1 Å².